The summed E-state index contributed by atoms with van der Waals surface area (Å²) in [6.45, 7) is 5.05. The minimum Gasteiger partial charge on any atom is -0.324 e. The molecule has 0 spiro atoms. The lowest BCUT2D eigenvalue weighted by Crippen LogP contribution is -2.20. The van der Waals surface area contributed by atoms with Crippen molar-refractivity contribution in [3.05, 3.63) is 63.3 Å². The topological polar surface area (TPSA) is 60.6 Å². The number of nitrogens with zero attached hydrogens (tertiary/aromatic N) is 5. The molecule has 1 N–H and O–H groups in total. The molecule has 4 rings (SSSR count). The highest BCUT2D eigenvalue weighted by Crippen LogP contribution is 2.33. The average Bonchev–Trinajstić information content (AvgIpc) is 3.21. The molecule has 2 aromatic heterocycles. The van der Waals surface area contributed by atoms with Crippen molar-refractivity contribution in [1.29, 1.82) is 0 Å². The number of hydrogen-bond acceptors (Lipinski definition) is 4. The third kappa shape index (κ3) is 2.52. The molecule has 24 heavy (non-hydrogen) atoms. The third-order valence-corrected chi connectivity index (χ3v) is 5.04. The summed E-state index contributed by atoms with van der Waals surface area (Å²) in [7, 11) is 0. The first kappa shape index (κ1) is 15.4. The van der Waals surface area contributed by atoms with E-state index < -0.39 is 0 Å². The van der Waals surface area contributed by atoms with E-state index in [4.69, 9.17) is 0 Å². The maximum Gasteiger partial charge on any atom is 0.226 e. The minimum absolute atomic E-state index is 0.0154. The second-order valence-corrected chi connectivity index (χ2v) is 6.93. The fraction of sp³-hybridized carbons (Fsp3) is 0.235. The SMILES string of the molecule is CCn1ncc(C2C=C(c3ccc(I)cc3)Nc3ncnn32)c1C. The predicted octanol–water partition coefficient (Wildman–Crippen LogP) is 3.46. The van der Waals surface area contributed by atoms with Gasteiger partial charge in [-0.15, -0.1) is 0 Å². The summed E-state index contributed by atoms with van der Waals surface area (Å²) in [6, 6.07) is 8.43. The molecule has 1 atom stereocenters. The third-order valence-electron chi connectivity index (χ3n) is 4.32. The second kappa shape index (κ2) is 6.04. The van der Waals surface area contributed by atoms with E-state index in [1.54, 1.807) is 6.33 Å². The number of benzene rings is 1. The molecule has 3 heterocycles. The Balaban J connectivity index is 1.82. The first-order valence-corrected chi connectivity index (χ1v) is 8.92. The van der Waals surface area contributed by atoms with Gasteiger partial charge < -0.3 is 5.32 Å². The molecule has 0 fully saturated rings. The molecular formula is C17H17IN6. The Bertz CT molecular complexity index is 906. The number of fused-ring (bicyclic) bond motifs is 1. The molecule has 1 aliphatic rings. The molecule has 1 unspecified atom stereocenters. The maximum atomic E-state index is 4.48. The summed E-state index contributed by atoms with van der Waals surface area (Å²) in [6.07, 6.45) is 5.70. The molecule has 0 amide bonds. The van der Waals surface area contributed by atoms with Crippen LogP contribution < -0.4 is 5.32 Å². The van der Waals surface area contributed by atoms with Gasteiger partial charge in [0.2, 0.25) is 5.95 Å². The summed E-state index contributed by atoms with van der Waals surface area (Å²) >= 11 is 2.31. The van der Waals surface area contributed by atoms with Gasteiger partial charge in [-0.25, -0.2) is 4.68 Å². The Kier molecular flexibility index (Phi) is 3.87. The zero-order chi connectivity index (χ0) is 16.7. The number of allylic oxidation sites excluding steroid dienone is 1. The molecule has 7 heteroatoms. The Morgan fingerprint density at radius 2 is 2.00 bits per heavy atom. The van der Waals surface area contributed by atoms with Crippen molar-refractivity contribution in [2.45, 2.75) is 26.4 Å². The first-order valence-electron chi connectivity index (χ1n) is 7.84. The van der Waals surface area contributed by atoms with Crippen molar-refractivity contribution >= 4 is 34.2 Å². The quantitative estimate of drug-likeness (QED) is 0.645. The fourth-order valence-electron chi connectivity index (χ4n) is 3.02. The van der Waals surface area contributed by atoms with Gasteiger partial charge in [-0.2, -0.15) is 15.2 Å². The minimum atomic E-state index is -0.0154. The van der Waals surface area contributed by atoms with Gasteiger partial charge in [0, 0.05) is 27.1 Å². The van der Waals surface area contributed by atoms with Crippen LogP contribution in [-0.4, -0.2) is 24.5 Å². The van der Waals surface area contributed by atoms with Gasteiger partial charge in [-0.1, -0.05) is 12.1 Å². The van der Waals surface area contributed by atoms with E-state index in [-0.39, 0.29) is 6.04 Å². The molecular weight excluding hydrogens is 415 g/mol. The summed E-state index contributed by atoms with van der Waals surface area (Å²) in [5, 5.41) is 12.2. The van der Waals surface area contributed by atoms with Crippen LogP contribution >= 0.6 is 22.6 Å². The molecule has 0 saturated carbocycles. The normalized spacial score (nSPS) is 16.5. The van der Waals surface area contributed by atoms with Crippen LogP contribution in [0.25, 0.3) is 5.70 Å². The highest BCUT2D eigenvalue weighted by molar-refractivity contribution is 14.1. The molecule has 122 valence electrons. The van der Waals surface area contributed by atoms with Crippen molar-refractivity contribution in [2.24, 2.45) is 0 Å². The summed E-state index contributed by atoms with van der Waals surface area (Å²) in [4.78, 5) is 4.35. The number of nitrogens with one attached hydrogen (secondary N) is 1. The van der Waals surface area contributed by atoms with E-state index in [0.29, 0.717) is 0 Å². The van der Waals surface area contributed by atoms with E-state index in [9.17, 15) is 0 Å². The zero-order valence-electron chi connectivity index (χ0n) is 13.4. The van der Waals surface area contributed by atoms with Gasteiger partial charge in [0.1, 0.15) is 12.4 Å². The van der Waals surface area contributed by atoms with Crippen molar-refractivity contribution in [1.82, 2.24) is 24.5 Å². The smallest absolute Gasteiger partial charge is 0.226 e. The average molecular weight is 432 g/mol. The largest absolute Gasteiger partial charge is 0.324 e. The number of aryl methyl sites for hydroxylation is 1. The number of aromatic nitrogens is 5. The zero-order valence-corrected chi connectivity index (χ0v) is 15.6. The van der Waals surface area contributed by atoms with Crippen LogP contribution in [0, 0.1) is 10.5 Å². The van der Waals surface area contributed by atoms with Crippen molar-refractivity contribution in [2.75, 3.05) is 5.32 Å². The Morgan fingerprint density at radius 3 is 2.71 bits per heavy atom. The summed E-state index contributed by atoms with van der Waals surface area (Å²) in [5.74, 6) is 0.750. The Labute approximate surface area is 153 Å². The van der Waals surface area contributed by atoms with E-state index in [1.165, 1.54) is 3.57 Å². The molecule has 0 aliphatic carbocycles. The molecule has 0 bridgehead atoms. The number of rotatable bonds is 3. The molecule has 0 saturated heterocycles. The molecule has 6 nitrogen and oxygen atoms in total. The maximum absolute atomic E-state index is 4.48. The molecule has 0 radical (unpaired) electrons. The molecule has 1 aliphatic heterocycles. The van der Waals surface area contributed by atoms with Crippen LogP contribution in [0.2, 0.25) is 0 Å². The Hall–Kier alpha value is -2.16. The van der Waals surface area contributed by atoms with Crippen LogP contribution in [0.1, 0.15) is 29.8 Å². The highest BCUT2D eigenvalue weighted by atomic mass is 127. The lowest BCUT2D eigenvalue weighted by Gasteiger charge is -2.24. The van der Waals surface area contributed by atoms with E-state index in [0.717, 1.165) is 35.0 Å². The molecule has 3 aromatic rings. The van der Waals surface area contributed by atoms with Gasteiger partial charge in [-0.3, -0.25) is 4.68 Å². The van der Waals surface area contributed by atoms with Crippen LogP contribution in [0.3, 0.4) is 0 Å². The van der Waals surface area contributed by atoms with Crippen molar-refractivity contribution in [3.8, 4) is 0 Å². The van der Waals surface area contributed by atoms with Crippen molar-refractivity contribution < 1.29 is 0 Å². The van der Waals surface area contributed by atoms with Crippen LogP contribution in [0.5, 0.6) is 0 Å². The lowest BCUT2D eigenvalue weighted by molar-refractivity contribution is 0.600. The van der Waals surface area contributed by atoms with E-state index >= 15 is 0 Å². The number of anilines is 1. The van der Waals surface area contributed by atoms with Gasteiger partial charge in [0.25, 0.3) is 0 Å². The van der Waals surface area contributed by atoms with Crippen LogP contribution in [0.4, 0.5) is 5.95 Å². The van der Waals surface area contributed by atoms with E-state index in [1.807, 2.05) is 15.6 Å². The van der Waals surface area contributed by atoms with Crippen LogP contribution in [-0.2, 0) is 6.54 Å². The van der Waals surface area contributed by atoms with Gasteiger partial charge in [0.05, 0.1) is 6.20 Å². The number of hydrogen-bond donors (Lipinski definition) is 1. The van der Waals surface area contributed by atoms with Gasteiger partial charge >= 0.3 is 0 Å². The monoisotopic (exact) mass is 432 g/mol. The standard InChI is InChI=1S/C17H17IN6/c1-3-23-11(2)14(9-20-23)16-8-15(12-4-6-13(18)7-5-12)22-17-19-10-21-24(16)17/h4-10,16H,3H2,1-2H3,(H,19,21,22). The fourth-order valence-corrected chi connectivity index (χ4v) is 3.38. The summed E-state index contributed by atoms with van der Waals surface area (Å²) < 4.78 is 5.12. The van der Waals surface area contributed by atoms with Gasteiger partial charge in [0.15, 0.2) is 0 Å². The van der Waals surface area contributed by atoms with E-state index in [2.05, 4.69) is 87.3 Å². The predicted molar refractivity (Wildman–Crippen MR) is 102 cm³/mol. The number of halogens is 1. The Morgan fingerprint density at radius 1 is 1.21 bits per heavy atom. The second-order valence-electron chi connectivity index (χ2n) is 5.69. The lowest BCUT2D eigenvalue weighted by atomic mass is 10.0. The molecule has 1 aromatic carbocycles. The van der Waals surface area contributed by atoms with Gasteiger partial charge in [-0.05, 0) is 60.2 Å². The van der Waals surface area contributed by atoms with Crippen LogP contribution in [0.15, 0.2) is 42.9 Å². The first-order chi connectivity index (χ1) is 11.7. The van der Waals surface area contributed by atoms with Crippen molar-refractivity contribution in [3.63, 3.8) is 0 Å². The summed E-state index contributed by atoms with van der Waals surface area (Å²) in [5.41, 5.74) is 4.48. The highest BCUT2D eigenvalue weighted by Gasteiger charge is 2.26.